The second kappa shape index (κ2) is 9.78. The molecular weight excluding hydrogens is 399 g/mol. The smallest absolute Gasteiger partial charge is 0.193 e. The quantitative estimate of drug-likeness (QED) is 0.444. The van der Waals surface area contributed by atoms with E-state index >= 15 is 0 Å². The summed E-state index contributed by atoms with van der Waals surface area (Å²) in [6.45, 7) is 1.70. The summed E-state index contributed by atoms with van der Waals surface area (Å²) in [5.74, 6) is 1.88. The maximum Gasteiger partial charge on any atom is 0.193 e. The van der Waals surface area contributed by atoms with E-state index in [-0.39, 0.29) is 24.0 Å². The van der Waals surface area contributed by atoms with E-state index in [2.05, 4.69) is 20.2 Å². The number of halogens is 1. The Kier molecular flexibility index (Phi) is 8.36. The number of rotatable bonds is 6. The first-order chi connectivity index (χ1) is 9.79. The molecule has 1 N–H and O–H groups in total. The van der Waals surface area contributed by atoms with Gasteiger partial charge in [-0.1, -0.05) is 0 Å². The minimum atomic E-state index is 0. The highest BCUT2D eigenvalue weighted by molar-refractivity contribution is 14.0. The van der Waals surface area contributed by atoms with Crippen molar-refractivity contribution in [1.29, 1.82) is 0 Å². The average molecular weight is 420 g/mol. The van der Waals surface area contributed by atoms with Gasteiger partial charge in [-0.25, -0.2) is 4.98 Å². The van der Waals surface area contributed by atoms with Crippen LogP contribution in [-0.4, -0.2) is 43.0 Å². The fourth-order valence-electron chi connectivity index (χ4n) is 1.88. The van der Waals surface area contributed by atoms with Crippen LogP contribution in [0.1, 0.15) is 10.8 Å². The van der Waals surface area contributed by atoms with Gasteiger partial charge in [0.25, 0.3) is 0 Å². The largest absolute Gasteiger partial charge is 0.469 e. The standard InChI is InChI=1S/C14H20N4OS.HI/c1-15-14(17-7-5-12-4-3-10-19-12)18(2)9-6-13-16-8-11-20-13;/h3-4,8,10-11H,5-7,9H2,1-2H3,(H,15,17);1H. The summed E-state index contributed by atoms with van der Waals surface area (Å²) >= 11 is 1.69. The van der Waals surface area contributed by atoms with Gasteiger partial charge in [0, 0.05) is 51.6 Å². The first kappa shape index (κ1) is 18.0. The third kappa shape index (κ3) is 6.04. The second-order valence-corrected chi connectivity index (χ2v) is 5.38. The third-order valence-corrected chi connectivity index (χ3v) is 3.79. The highest BCUT2D eigenvalue weighted by atomic mass is 127. The Balaban J connectivity index is 0.00000220. The number of nitrogens with one attached hydrogen (secondary N) is 1. The van der Waals surface area contributed by atoms with Crippen molar-refractivity contribution in [2.24, 2.45) is 4.99 Å². The summed E-state index contributed by atoms with van der Waals surface area (Å²) in [6.07, 6.45) is 5.33. The number of nitrogens with zero attached hydrogens (tertiary/aromatic N) is 3. The van der Waals surface area contributed by atoms with Crippen LogP contribution in [0.3, 0.4) is 0 Å². The Morgan fingerprint density at radius 2 is 2.33 bits per heavy atom. The molecule has 0 saturated carbocycles. The SMILES string of the molecule is CN=C(NCCc1ccco1)N(C)CCc1nccs1.I. The summed E-state index contributed by atoms with van der Waals surface area (Å²) in [5, 5.41) is 6.50. The summed E-state index contributed by atoms with van der Waals surface area (Å²) in [4.78, 5) is 10.7. The van der Waals surface area contributed by atoms with Crippen LogP contribution in [-0.2, 0) is 12.8 Å². The highest BCUT2D eigenvalue weighted by Crippen LogP contribution is 2.05. The number of aliphatic imine (C=N–C) groups is 1. The normalized spacial score (nSPS) is 11.0. The average Bonchev–Trinajstić information content (AvgIpc) is 3.14. The van der Waals surface area contributed by atoms with E-state index in [1.54, 1.807) is 24.6 Å². The van der Waals surface area contributed by atoms with E-state index in [1.165, 1.54) is 0 Å². The minimum Gasteiger partial charge on any atom is -0.469 e. The molecule has 5 nitrogen and oxygen atoms in total. The molecule has 0 aromatic carbocycles. The Morgan fingerprint density at radius 1 is 1.48 bits per heavy atom. The fourth-order valence-corrected chi connectivity index (χ4v) is 2.49. The summed E-state index contributed by atoms with van der Waals surface area (Å²) < 4.78 is 5.31. The van der Waals surface area contributed by atoms with Crippen molar-refractivity contribution in [2.75, 3.05) is 27.2 Å². The molecule has 2 heterocycles. The van der Waals surface area contributed by atoms with Gasteiger partial charge in [0.15, 0.2) is 5.96 Å². The predicted molar refractivity (Wildman–Crippen MR) is 97.6 cm³/mol. The number of furan rings is 1. The van der Waals surface area contributed by atoms with Crippen molar-refractivity contribution in [2.45, 2.75) is 12.8 Å². The van der Waals surface area contributed by atoms with Crippen LogP contribution >= 0.6 is 35.3 Å². The summed E-state index contributed by atoms with van der Waals surface area (Å²) in [6, 6.07) is 3.89. The molecule has 0 atom stereocenters. The molecule has 2 aromatic rings. The minimum absolute atomic E-state index is 0. The number of hydrogen-bond acceptors (Lipinski definition) is 4. The maximum atomic E-state index is 5.31. The summed E-state index contributed by atoms with van der Waals surface area (Å²) in [5.41, 5.74) is 0. The molecule has 21 heavy (non-hydrogen) atoms. The molecule has 0 aliphatic rings. The molecular formula is C14H21IN4OS. The predicted octanol–water partition coefficient (Wildman–Crippen LogP) is 2.65. The van der Waals surface area contributed by atoms with Gasteiger partial charge in [-0.2, -0.15) is 0 Å². The zero-order valence-electron chi connectivity index (χ0n) is 12.3. The third-order valence-electron chi connectivity index (χ3n) is 2.95. The van der Waals surface area contributed by atoms with E-state index in [9.17, 15) is 0 Å². The number of hydrogen-bond donors (Lipinski definition) is 1. The Morgan fingerprint density at radius 3 is 2.95 bits per heavy atom. The van der Waals surface area contributed by atoms with E-state index in [0.717, 1.165) is 42.7 Å². The van der Waals surface area contributed by atoms with Crippen LogP contribution in [0.2, 0.25) is 0 Å². The van der Waals surface area contributed by atoms with Gasteiger partial charge in [-0.05, 0) is 12.1 Å². The van der Waals surface area contributed by atoms with Gasteiger partial charge in [0.05, 0.1) is 11.3 Å². The zero-order valence-corrected chi connectivity index (χ0v) is 15.4. The number of likely N-dealkylation sites (N-methyl/N-ethyl adjacent to an activating group) is 1. The van der Waals surface area contributed by atoms with E-state index in [4.69, 9.17) is 4.42 Å². The van der Waals surface area contributed by atoms with Crippen LogP contribution < -0.4 is 5.32 Å². The van der Waals surface area contributed by atoms with E-state index in [0.29, 0.717) is 0 Å². The molecule has 7 heteroatoms. The molecule has 2 rings (SSSR count). The van der Waals surface area contributed by atoms with E-state index in [1.807, 2.05) is 30.8 Å². The van der Waals surface area contributed by atoms with Crippen molar-refractivity contribution < 1.29 is 4.42 Å². The first-order valence-corrected chi connectivity index (χ1v) is 7.50. The molecule has 0 aliphatic carbocycles. The lowest BCUT2D eigenvalue weighted by Gasteiger charge is -2.21. The Hall–Kier alpha value is -1.09. The van der Waals surface area contributed by atoms with Crippen molar-refractivity contribution in [1.82, 2.24) is 15.2 Å². The fraction of sp³-hybridized carbons (Fsp3) is 0.429. The molecule has 0 spiro atoms. The summed E-state index contributed by atoms with van der Waals surface area (Å²) in [7, 11) is 3.84. The Bertz CT molecular complexity index is 513. The lowest BCUT2D eigenvalue weighted by Crippen LogP contribution is -2.40. The number of aromatic nitrogens is 1. The zero-order chi connectivity index (χ0) is 14.2. The van der Waals surface area contributed by atoms with Crippen LogP contribution in [0.15, 0.2) is 39.4 Å². The molecule has 0 amide bonds. The van der Waals surface area contributed by atoms with Crippen LogP contribution in [0, 0.1) is 0 Å². The van der Waals surface area contributed by atoms with Gasteiger partial charge >= 0.3 is 0 Å². The van der Waals surface area contributed by atoms with Crippen molar-refractivity contribution >= 4 is 41.3 Å². The van der Waals surface area contributed by atoms with Crippen LogP contribution in [0.5, 0.6) is 0 Å². The van der Waals surface area contributed by atoms with Crippen molar-refractivity contribution in [3.8, 4) is 0 Å². The van der Waals surface area contributed by atoms with Crippen LogP contribution in [0.4, 0.5) is 0 Å². The number of guanidine groups is 1. The van der Waals surface area contributed by atoms with Crippen molar-refractivity contribution in [3.63, 3.8) is 0 Å². The van der Waals surface area contributed by atoms with Gasteiger partial charge in [0.1, 0.15) is 5.76 Å². The van der Waals surface area contributed by atoms with Crippen molar-refractivity contribution in [3.05, 3.63) is 40.7 Å². The second-order valence-electron chi connectivity index (χ2n) is 4.40. The van der Waals surface area contributed by atoms with Gasteiger partial charge in [-0.3, -0.25) is 4.99 Å². The molecule has 0 bridgehead atoms. The van der Waals surface area contributed by atoms with Gasteiger partial charge in [0.2, 0.25) is 0 Å². The maximum absolute atomic E-state index is 5.31. The first-order valence-electron chi connectivity index (χ1n) is 6.62. The molecule has 0 radical (unpaired) electrons. The lowest BCUT2D eigenvalue weighted by molar-refractivity contribution is 0.476. The topological polar surface area (TPSA) is 53.7 Å². The van der Waals surface area contributed by atoms with E-state index < -0.39 is 0 Å². The number of thiazole rings is 1. The van der Waals surface area contributed by atoms with Crippen LogP contribution in [0.25, 0.3) is 0 Å². The molecule has 116 valence electrons. The monoisotopic (exact) mass is 420 g/mol. The van der Waals surface area contributed by atoms with Gasteiger partial charge in [-0.15, -0.1) is 35.3 Å². The molecule has 0 fully saturated rings. The molecule has 2 aromatic heterocycles. The molecule has 0 unspecified atom stereocenters. The highest BCUT2D eigenvalue weighted by Gasteiger charge is 2.06. The lowest BCUT2D eigenvalue weighted by atomic mass is 10.3. The Labute approximate surface area is 146 Å². The molecule has 0 saturated heterocycles. The van der Waals surface area contributed by atoms with Gasteiger partial charge < -0.3 is 14.6 Å². The molecule has 0 aliphatic heterocycles.